The summed E-state index contributed by atoms with van der Waals surface area (Å²) >= 11 is 0. The fraction of sp³-hybridized carbons (Fsp3) is 0.432. The molecule has 0 radical (unpaired) electrons. The number of hydrogen-bond acceptors (Lipinski definition) is 9. The number of aromatic amines is 1. The van der Waals surface area contributed by atoms with Gasteiger partial charge in [0.25, 0.3) is 0 Å². The Hall–Kier alpha value is -5.77. The highest BCUT2D eigenvalue weighted by molar-refractivity contribution is 5.96. The van der Waals surface area contributed by atoms with Gasteiger partial charge in [-0.05, 0) is 48.9 Å². The second-order valence-electron chi connectivity index (χ2n) is 13.6. The van der Waals surface area contributed by atoms with Gasteiger partial charge in [-0.1, -0.05) is 56.3 Å². The van der Waals surface area contributed by atoms with Crippen molar-refractivity contribution in [2.45, 2.75) is 89.1 Å². The van der Waals surface area contributed by atoms with E-state index in [9.17, 15) is 39.0 Å². The Morgan fingerprint density at radius 3 is 2.09 bits per heavy atom. The number of H-pyrrole nitrogens is 1. The van der Waals surface area contributed by atoms with Crippen LogP contribution in [0.15, 0.2) is 67.1 Å². The van der Waals surface area contributed by atoms with Gasteiger partial charge in [0.1, 0.15) is 36.0 Å². The number of nitrogens with two attached hydrogens (primary N) is 1. The summed E-state index contributed by atoms with van der Waals surface area (Å²) in [7, 11) is 0. The molecule has 0 spiro atoms. The molecule has 5 amide bonds. The molecule has 0 bridgehead atoms. The highest BCUT2D eigenvalue weighted by Gasteiger charge is 2.39. The van der Waals surface area contributed by atoms with Crippen LogP contribution in [0.3, 0.4) is 0 Å². The van der Waals surface area contributed by atoms with Crippen molar-refractivity contribution in [1.29, 1.82) is 0 Å². The molecule has 16 nitrogen and oxygen atoms in total. The van der Waals surface area contributed by atoms with Crippen molar-refractivity contribution in [1.82, 2.24) is 36.1 Å². The second kappa shape index (κ2) is 18.6. The smallest absolute Gasteiger partial charge is 0.326 e. The fourth-order valence-electron chi connectivity index (χ4n) is 5.96. The van der Waals surface area contributed by atoms with Crippen LogP contribution in [0, 0.1) is 5.92 Å². The van der Waals surface area contributed by atoms with Gasteiger partial charge in [0.2, 0.25) is 29.5 Å². The molecule has 0 aliphatic carbocycles. The van der Waals surface area contributed by atoms with E-state index in [-0.39, 0.29) is 37.5 Å². The van der Waals surface area contributed by atoms with E-state index in [4.69, 9.17) is 5.73 Å². The minimum Gasteiger partial charge on any atom is -0.508 e. The number of likely N-dealkylation sites (tertiary alicyclic amines) is 1. The zero-order chi connectivity index (χ0) is 38.7. The van der Waals surface area contributed by atoms with E-state index in [0.29, 0.717) is 24.1 Å². The number of imidazole rings is 1. The van der Waals surface area contributed by atoms with Gasteiger partial charge < -0.3 is 47.1 Å². The maximum atomic E-state index is 14.1. The van der Waals surface area contributed by atoms with Crippen molar-refractivity contribution in [2.75, 3.05) is 6.54 Å². The number of carboxylic acids is 1. The van der Waals surface area contributed by atoms with Crippen LogP contribution >= 0.6 is 0 Å². The molecule has 1 saturated heterocycles. The number of nitrogens with one attached hydrogen (secondary N) is 5. The number of aliphatic carboxylic acids is 1. The quantitative estimate of drug-likeness (QED) is 0.0934. The summed E-state index contributed by atoms with van der Waals surface area (Å²) in [5.41, 5.74) is 7.89. The number of benzene rings is 2. The van der Waals surface area contributed by atoms with Crippen LogP contribution in [-0.4, -0.2) is 103 Å². The first kappa shape index (κ1) is 40.0. The van der Waals surface area contributed by atoms with Crippen molar-refractivity contribution in [2.24, 2.45) is 11.7 Å². The first-order valence-corrected chi connectivity index (χ1v) is 17.5. The van der Waals surface area contributed by atoms with E-state index in [0.717, 1.165) is 5.56 Å². The Kier molecular flexibility index (Phi) is 14.1. The first-order chi connectivity index (χ1) is 25.2. The minimum absolute atomic E-state index is 0.0194. The number of carbonyl (C=O) groups excluding carboxylic acids is 5. The lowest BCUT2D eigenvalue weighted by molar-refractivity contribution is -0.145. The van der Waals surface area contributed by atoms with Gasteiger partial charge in [-0.25, -0.2) is 9.78 Å². The number of rotatable bonds is 17. The van der Waals surface area contributed by atoms with Crippen LogP contribution in [0.1, 0.15) is 50.4 Å². The standard InChI is InChI=1S/C37H48N8O8/c1-21(2)31(38)35(50)42-27(16-24-11-13-26(46)14-12-24)33(48)41-22(3)32(47)43-28(18-25-19-39-20-40-25)36(51)45-15-7-10-30(45)34(49)44-29(37(52)53)17-23-8-5-4-6-9-23/h4-6,8-9,11-14,19-22,27-31,46H,7,10,15-18,38H2,1-3H3,(H,39,40)(H,41,48)(H,42,50)(H,43,47)(H,44,49)(H,52,53)/t22?,27-,28-,29-,30-,31-/m0/s1. The van der Waals surface area contributed by atoms with Crippen molar-refractivity contribution in [3.8, 4) is 5.75 Å². The lowest BCUT2D eigenvalue weighted by Crippen LogP contribution is -2.59. The molecule has 1 aliphatic heterocycles. The van der Waals surface area contributed by atoms with Crippen LogP contribution in [0.5, 0.6) is 5.75 Å². The minimum atomic E-state index is -1.23. The zero-order valence-corrected chi connectivity index (χ0v) is 30.0. The number of hydrogen-bond donors (Lipinski definition) is 8. The van der Waals surface area contributed by atoms with Crippen molar-refractivity contribution >= 4 is 35.5 Å². The number of aromatic nitrogens is 2. The van der Waals surface area contributed by atoms with Gasteiger partial charge in [-0.15, -0.1) is 0 Å². The van der Waals surface area contributed by atoms with Crippen LogP contribution in [0.4, 0.5) is 0 Å². The summed E-state index contributed by atoms with van der Waals surface area (Å²) in [6, 6.07) is 8.36. The van der Waals surface area contributed by atoms with Crippen molar-refractivity contribution in [3.63, 3.8) is 0 Å². The molecule has 1 unspecified atom stereocenters. The molecular weight excluding hydrogens is 684 g/mol. The van der Waals surface area contributed by atoms with Crippen LogP contribution in [0.2, 0.25) is 0 Å². The monoisotopic (exact) mass is 732 g/mol. The zero-order valence-electron chi connectivity index (χ0n) is 30.0. The van der Waals surface area contributed by atoms with Gasteiger partial charge in [0.05, 0.1) is 12.4 Å². The molecule has 6 atom stereocenters. The lowest BCUT2D eigenvalue weighted by atomic mass is 10.0. The normalized spacial score (nSPS) is 16.8. The Morgan fingerprint density at radius 1 is 0.830 bits per heavy atom. The van der Waals surface area contributed by atoms with E-state index >= 15 is 0 Å². The number of carboxylic acid groups (broad SMARTS) is 1. The maximum Gasteiger partial charge on any atom is 0.326 e. The average molecular weight is 733 g/mol. The van der Waals surface area contributed by atoms with Gasteiger partial charge in [0.15, 0.2) is 0 Å². The van der Waals surface area contributed by atoms with E-state index in [1.165, 1.54) is 36.5 Å². The molecule has 3 aromatic rings. The molecule has 4 rings (SSSR count). The van der Waals surface area contributed by atoms with Gasteiger partial charge >= 0.3 is 5.97 Å². The predicted octanol–water partition coefficient (Wildman–Crippen LogP) is 0.161. The Bertz CT molecular complexity index is 1720. The summed E-state index contributed by atoms with van der Waals surface area (Å²) in [5, 5.41) is 30.1. The Balaban J connectivity index is 1.47. The van der Waals surface area contributed by atoms with Crippen LogP contribution in [0.25, 0.3) is 0 Å². The third-order valence-corrected chi connectivity index (χ3v) is 9.11. The topological polar surface area (TPSA) is 249 Å². The highest BCUT2D eigenvalue weighted by atomic mass is 16.4. The lowest BCUT2D eigenvalue weighted by Gasteiger charge is -2.30. The summed E-state index contributed by atoms with van der Waals surface area (Å²) in [6.45, 7) is 5.16. The van der Waals surface area contributed by atoms with Crippen LogP contribution < -0.4 is 27.0 Å². The van der Waals surface area contributed by atoms with E-state index in [1.807, 2.05) is 0 Å². The number of carbonyl (C=O) groups is 6. The molecule has 1 aliphatic rings. The molecule has 9 N–H and O–H groups in total. The molecule has 2 aromatic carbocycles. The summed E-state index contributed by atoms with van der Waals surface area (Å²) in [6.07, 6.45) is 3.74. The molecule has 0 saturated carbocycles. The number of phenols is 1. The molecule has 1 aromatic heterocycles. The van der Waals surface area contributed by atoms with Crippen molar-refractivity contribution < 1.29 is 39.0 Å². The summed E-state index contributed by atoms with van der Waals surface area (Å²) in [5.74, 6) is -4.54. The number of nitrogens with zero attached hydrogens (tertiary/aromatic N) is 2. The van der Waals surface area contributed by atoms with Crippen LogP contribution in [-0.2, 0) is 48.0 Å². The van der Waals surface area contributed by atoms with E-state index < -0.39 is 71.8 Å². The molecule has 16 heteroatoms. The summed E-state index contributed by atoms with van der Waals surface area (Å²) < 4.78 is 0. The molecule has 1 fully saturated rings. The van der Waals surface area contributed by atoms with Gasteiger partial charge in [0, 0.05) is 37.7 Å². The fourth-order valence-corrected chi connectivity index (χ4v) is 5.96. The second-order valence-corrected chi connectivity index (χ2v) is 13.6. The molecule has 284 valence electrons. The molecule has 53 heavy (non-hydrogen) atoms. The largest absolute Gasteiger partial charge is 0.508 e. The number of aromatic hydroxyl groups is 1. The maximum absolute atomic E-state index is 14.1. The molecular formula is C37H48N8O8. The predicted molar refractivity (Wildman–Crippen MR) is 193 cm³/mol. The Morgan fingerprint density at radius 2 is 1.47 bits per heavy atom. The Labute approximate surface area is 307 Å². The SMILES string of the molecule is CC(NC(=O)[C@H](Cc1ccc(O)cc1)NC(=O)[C@@H](N)C(C)C)C(=O)N[C@@H](Cc1cnc[nH]1)C(=O)N1CCC[C@H]1C(=O)N[C@@H](Cc1ccccc1)C(=O)O. The van der Waals surface area contributed by atoms with Crippen molar-refractivity contribution in [3.05, 3.63) is 83.9 Å². The third kappa shape index (κ3) is 11.4. The number of phenolic OH excluding ortho intramolecular Hbond substituents is 1. The van der Waals surface area contributed by atoms with Gasteiger partial charge in [-0.2, -0.15) is 0 Å². The summed E-state index contributed by atoms with van der Waals surface area (Å²) in [4.78, 5) is 87.8. The average Bonchev–Trinajstić information content (AvgIpc) is 3.84. The number of amides is 5. The highest BCUT2D eigenvalue weighted by Crippen LogP contribution is 2.20. The van der Waals surface area contributed by atoms with E-state index in [2.05, 4.69) is 31.2 Å². The third-order valence-electron chi connectivity index (χ3n) is 9.11. The van der Waals surface area contributed by atoms with Gasteiger partial charge in [-0.3, -0.25) is 24.0 Å². The molecule has 2 heterocycles. The van der Waals surface area contributed by atoms with E-state index in [1.54, 1.807) is 56.3 Å². The first-order valence-electron chi connectivity index (χ1n) is 17.5.